The summed E-state index contributed by atoms with van der Waals surface area (Å²) in [5, 5.41) is 5.43. The van der Waals surface area contributed by atoms with Crippen LogP contribution in [0, 0.1) is 6.92 Å². The van der Waals surface area contributed by atoms with Crippen molar-refractivity contribution < 1.29 is 14.3 Å². The smallest absolute Gasteiger partial charge is 0.337 e. The van der Waals surface area contributed by atoms with E-state index in [0.29, 0.717) is 11.3 Å². The highest BCUT2D eigenvalue weighted by Gasteiger charge is 2.06. The van der Waals surface area contributed by atoms with E-state index < -0.39 is 5.97 Å². The molecular weight excluding hydrogens is 268 g/mol. The van der Waals surface area contributed by atoms with Crippen molar-refractivity contribution in [2.75, 3.05) is 17.7 Å². The molecule has 2 N–H and O–H groups in total. The third-order valence-electron chi connectivity index (χ3n) is 2.84. The maximum atomic E-state index is 11.9. The number of aryl methyl sites for hydroxylation is 1. The van der Waals surface area contributed by atoms with Crippen LogP contribution in [0.2, 0.25) is 0 Å². The van der Waals surface area contributed by atoms with Crippen molar-refractivity contribution >= 4 is 23.4 Å². The van der Waals surface area contributed by atoms with Gasteiger partial charge < -0.3 is 15.4 Å². The molecule has 21 heavy (non-hydrogen) atoms. The summed E-state index contributed by atoms with van der Waals surface area (Å²) in [4.78, 5) is 23.2. The summed E-state index contributed by atoms with van der Waals surface area (Å²) in [6, 6.07) is 13.6. The van der Waals surface area contributed by atoms with Crippen LogP contribution in [0.1, 0.15) is 15.9 Å². The van der Waals surface area contributed by atoms with Crippen LogP contribution < -0.4 is 10.6 Å². The van der Waals surface area contributed by atoms with Crippen LogP contribution in [-0.4, -0.2) is 19.1 Å². The molecular formula is C16H16N2O3. The molecule has 2 aromatic rings. The van der Waals surface area contributed by atoms with E-state index in [1.54, 1.807) is 24.3 Å². The summed E-state index contributed by atoms with van der Waals surface area (Å²) >= 11 is 0. The van der Waals surface area contributed by atoms with Gasteiger partial charge in [0.15, 0.2) is 0 Å². The average molecular weight is 284 g/mol. The maximum absolute atomic E-state index is 11.9. The quantitative estimate of drug-likeness (QED) is 0.848. The summed E-state index contributed by atoms with van der Waals surface area (Å²) in [5.41, 5.74) is 2.81. The van der Waals surface area contributed by atoms with Gasteiger partial charge in [-0.15, -0.1) is 0 Å². The van der Waals surface area contributed by atoms with Crippen LogP contribution in [0.4, 0.5) is 16.2 Å². The lowest BCUT2D eigenvalue weighted by Crippen LogP contribution is -2.19. The Bertz CT molecular complexity index is 651. The lowest BCUT2D eigenvalue weighted by Gasteiger charge is -2.08. The molecule has 0 aliphatic carbocycles. The highest BCUT2D eigenvalue weighted by atomic mass is 16.5. The Labute approximate surface area is 122 Å². The molecule has 0 aromatic heterocycles. The number of esters is 1. The number of carbonyl (C=O) groups excluding carboxylic acids is 2. The third-order valence-corrected chi connectivity index (χ3v) is 2.84. The Morgan fingerprint density at radius 1 is 0.952 bits per heavy atom. The fourth-order valence-electron chi connectivity index (χ4n) is 1.82. The Morgan fingerprint density at radius 2 is 1.62 bits per heavy atom. The van der Waals surface area contributed by atoms with Crippen LogP contribution in [0.25, 0.3) is 0 Å². The van der Waals surface area contributed by atoms with Gasteiger partial charge in [-0.25, -0.2) is 9.59 Å². The molecule has 5 nitrogen and oxygen atoms in total. The zero-order valence-electron chi connectivity index (χ0n) is 11.8. The molecule has 0 heterocycles. The number of hydrogen-bond donors (Lipinski definition) is 2. The van der Waals surface area contributed by atoms with E-state index in [-0.39, 0.29) is 6.03 Å². The molecule has 2 amide bonds. The van der Waals surface area contributed by atoms with Gasteiger partial charge in [-0.05, 0) is 48.9 Å². The SMILES string of the molecule is COC(=O)c1ccc(NC(=O)Nc2cccc(C)c2)cc1. The van der Waals surface area contributed by atoms with Gasteiger partial charge >= 0.3 is 12.0 Å². The monoisotopic (exact) mass is 284 g/mol. The Hall–Kier alpha value is -2.82. The summed E-state index contributed by atoms with van der Waals surface area (Å²) < 4.78 is 4.61. The van der Waals surface area contributed by atoms with Crippen LogP contribution in [0.15, 0.2) is 48.5 Å². The predicted molar refractivity (Wildman–Crippen MR) is 81.6 cm³/mol. The van der Waals surface area contributed by atoms with Crippen molar-refractivity contribution in [2.24, 2.45) is 0 Å². The maximum Gasteiger partial charge on any atom is 0.337 e. The van der Waals surface area contributed by atoms with E-state index in [4.69, 9.17) is 0 Å². The Balaban J connectivity index is 1.98. The molecule has 5 heteroatoms. The number of carbonyl (C=O) groups is 2. The number of rotatable bonds is 3. The second-order valence-electron chi connectivity index (χ2n) is 4.52. The van der Waals surface area contributed by atoms with E-state index in [9.17, 15) is 9.59 Å². The lowest BCUT2D eigenvalue weighted by molar-refractivity contribution is 0.0601. The first-order valence-corrected chi connectivity index (χ1v) is 6.41. The minimum absolute atomic E-state index is 0.341. The predicted octanol–water partition coefficient (Wildman–Crippen LogP) is 3.43. The topological polar surface area (TPSA) is 67.4 Å². The van der Waals surface area contributed by atoms with E-state index in [2.05, 4.69) is 15.4 Å². The van der Waals surface area contributed by atoms with Crippen molar-refractivity contribution in [3.8, 4) is 0 Å². The molecule has 2 aromatic carbocycles. The number of nitrogens with one attached hydrogen (secondary N) is 2. The standard InChI is InChI=1S/C16H16N2O3/c1-11-4-3-5-14(10-11)18-16(20)17-13-8-6-12(7-9-13)15(19)21-2/h3-10H,1-2H3,(H2,17,18,20). The average Bonchev–Trinajstić information content (AvgIpc) is 2.47. The number of methoxy groups -OCH3 is 1. The van der Waals surface area contributed by atoms with Crippen molar-refractivity contribution in [1.82, 2.24) is 0 Å². The van der Waals surface area contributed by atoms with E-state index in [1.165, 1.54) is 7.11 Å². The van der Waals surface area contributed by atoms with Gasteiger partial charge in [0.1, 0.15) is 0 Å². The lowest BCUT2D eigenvalue weighted by atomic mass is 10.2. The first kappa shape index (κ1) is 14.6. The van der Waals surface area contributed by atoms with Crippen molar-refractivity contribution in [2.45, 2.75) is 6.92 Å². The summed E-state index contributed by atoms with van der Waals surface area (Å²) in [6.45, 7) is 1.95. The Kier molecular flexibility index (Phi) is 4.56. The van der Waals surface area contributed by atoms with Gasteiger partial charge in [0.05, 0.1) is 12.7 Å². The highest BCUT2D eigenvalue weighted by Crippen LogP contribution is 2.13. The van der Waals surface area contributed by atoms with Gasteiger partial charge in [-0.2, -0.15) is 0 Å². The van der Waals surface area contributed by atoms with Crippen LogP contribution >= 0.6 is 0 Å². The summed E-state index contributed by atoms with van der Waals surface area (Å²) in [7, 11) is 1.32. The number of anilines is 2. The number of ether oxygens (including phenoxy) is 1. The van der Waals surface area contributed by atoms with Crippen LogP contribution in [0.5, 0.6) is 0 Å². The van der Waals surface area contributed by atoms with Crippen LogP contribution in [-0.2, 0) is 4.74 Å². The van der Waals surface area contributed by atoms with Gasteiger partial charge in [0.25, 0.3) is 0 Å². The molecule has 0 bridgehead atoms. The molecule has 0 atom stereocenters. The molecule has 0 radical (unpaired) electrons. The van der Waals surface area contributed by atoms with E-state index >= 15 is 0 Å². The number of urea groups is 1. The molecule has 2 rings (SSSR count). The van der Waals surface area contributed by atoms with Gasteiger partial charge in [-0.3, -0.25) is 0 Å². The first-order chi connectivity index (χ1) is 10.1. The molecule has 0 aliphatic heterocycles. The van der Waals surface area contributed by atoms with Crippen LogP contribution in [0.3, 0.4) is 0 Å². The summed E-state index contributed by atoms with van der Waals surface area (Å²) in [5.74, 6) is -0.411. The second kappa shape index (κ2) is 6.56. The zero-order valence-corrected chi connectivity index (χ0v) is 11.8. The van der Waals surface area contributed by atoms with E-state index in [0.717, 1.165) is 11.3 Å². The van der Waals surface area contributed by atoms with E-state index in [1.807, 2.05) is 31.2 Å². The minimum atomic E-state index is -0.411. The molecule has 0 saturated heterocycles. The summed E-state index contributed by atoms with van der Waals surface area (Å²) in [6.07, 6.45) is 0. The van der Waals surface area contributed by atoms with Gasteiger partial charge in [0, 0.05) is 11.4 Å². The molecule has 0 unspecified atom stereocenters. The van der Waals surface area contributed by atoms with Gasteiger partial charge in [0.2, 0.25) is 0 Å². The first-order valence-electron chi connectivity index (χ1n) is 6.41. The fourth-order valence-corrected chi connectivity index (χ4v) is 1.82. The van der Waals surface area contributed by atoms with Crippen molar-refractivity contribution in [3.05, 3.63) is 59.7 Å². The largest absolute Gasteiger partial charge is 0.465 e. The Morgan fingerprint density at radius 3 is 2.24 bits per heavy atom. The third kappa shape index (κ3) is 4.07. The molecule has 0 fully saturated rings. The number of benzene rings is 2. The number of hydrogen-bond acceptors (Lipinski definition) is 3. The number of amides is 2. The molecule has 0 spiro atoms. The van der Waals surface area contributed by atoms with Crippen molar-refractivity contribution in [1.29, 1.82) is 0 Å². The fraction of sp³-hybridized carbons (Fsp3) is 0.125. The zero-order chi connectivity index (χ0) is 15.2. The second-order valence-corrected chi connectivity index (χ2v) is 4.52. The van der Waals surface area contributed by atoms with Crippen molar-refractivity contribution in [3.63, 3.8) is 0 Å². The molecule has 0 aliphatic rings. The van der Waals surface area contributed by atoms with Gasteiger partial charge in [-0.1, -0.05) is 12.1 Å². The normalized spacial score (nSPS) is 9.81. The molecule has 108 valence electrons. The highest BCUT2D eigenvalue weighted by molar-refractivity contribution is 6.00. The molecule has 0 saturated carbocycles. The minimum Gasteiger partial charge on any atom is -0.465 e.